The first-order valence-corrected chi connectivity index (χ1v) is 8.70. The highest BCUT2D eigenvalue weighted by Gasteiger charge is 2.26. The van der Waals surface area contributed by atoms with Crippen molar-refractivity contribution in [3.05, 3.63) is 40.5 Å². The van der Waals surface area contributed by atoms with E-state index in [-0.39, 0.29) is 0 Å². The second-order valence-electron chi connectivity index (χ2n) is 6.59. The molecule has 2 N–H and O–H groups in total. The van der Waals surface area contributed by atoms with Gasteiger partial charge in [0.15, 0.2) is 0 Å². The lowest BCUT2D eigenvalue weighted by Crippen LogP contribution is -2.21. The average Bonchev–Trinajstić information content (AvgIpc) is 3.35. The molecule has 1 aliphatic rings. The van der Waals surface area contributed by atoms with Crippen molar-refractivity contribution in [3.8, 4) is 0 Å². The number of rotatable bonds is 7. The van der Waals surface area contributed by atoms with Crippen LogP contribution in [0.5, 0.6) is 0 Å². The number of likely N-dealkylation sites (N-methyl/N-ethyl adjacent to an activating group) is 1. The van der Waals surface area contributed by atoms with Gasteiger partial charge in [0.2, 0.25) is 5.95 Å². The van der Waals surface area contributed by atoms with E-state index in [0.29, 0.717) is 16.9 Å². The number of aryl methyl sites for hydroxylation is 1. The highest BCUT2D eigenvalue weighted by atomic mass is 35.5. The number of hydrogen-bond donors (Lipinski definition) is 2. The molecule has 1 aliphatic carbocycles. The zero-order valence-corrected chi connectivity index (χ0v) is 15.2. The topological polar surface area (TPSA) is 53.1 Å². The molecule has 2 aromatic rings. The van der Waals surface area contributed by atoms with Crippen LogP contribution < -0.4 is 10.6 Å². The Kier molecular flexibility index (Phi) is 5.21. The molecular formula is C18H24ClN5. The van der Waals surface area contributed by atoms with E-state index in [4.69, 9.17) is 11.6 Å². The summed E-state index contributed by atoms with van der Waals surface area (Å²) in [5.41, 5.74) is 3.22. The largest absolute Gasteiger partial charge is 0.353 e. The predicted octanol–water partition coefficient (Wildman–Crippen LogP) is 4.03. The van der Waals surface area contributed by atoms with Gasteiger partial charge in [0, 0.05) is 35.8 Å². The molecule has 24 heavy (non-hydrogen) atoms. The first-order chi connectivity index (χ1) is 11.5. The van der Waals surface area contributed by atoms with Crippen molar-refractivity contribution in [2.24, 2.45) is 0 Å². The number of anilines is 3. The Morgan fingerprint density at radius 2 is 2.00 bits per heavy atom. The standard InChI is InChI=1S/C18H24ClN5/c1-12-4-7-14(19)10-15(12)21-17-11-16(13-5-6-13)22-18(23-17)20-8-9-24(2)3/h4,7,10-11,13H,5-6,8-9H2,1-3H3,(H2,20,21,22,23). The van der Waals surface area contributed by atoms with Crippen LogP contribution in [0.2, 0.25) is 5.02 Å². The third-order valence-electron chi connectivity index (χ3n) is 4.05. The summed E-state index contributed by atoms with van der Waals surface area (Å²) in [5, 5.41) is 7.42. The zero-order chi connectivity index (χ0) is 17.1. The summed E-state index contributed by atoms with van der Waals surface area (Å²) in [4.78, 5) is 11.4. The molecule has 6 heteroatoms. The Balaban J connectivity index is 1.80. The van der Waals surface area contributed by atoms with Crippen LogP contribution in [0, 0.1) is 6.92 Å². The van der Waals surface area contributed by atoms with E-state index in [1.807, 2.05) is 18.2 Å². The Morgan fingerprint density at radius 3 is 2.71 bits per heavy atom. The molecular weight excluding hydrogens is 322 g/mol. The molecule has 0 amide bonds. The molecule has 128 valence electrons. The minimum atomic E-state index is 0.573. The fourth-order valence-electron chi connectivity index (χ4n) is 2.46. The molecule has 1 fully saturated rings. The van der Waals surface area contributed by atoms with E-state index >= 15 is 0 Å². The van der Waals surface area contributed by atoms with Gasteiger partial charge in [0.25, 0.3) is 0 Å². The van der Waals surface area contributed by atoms with Gasteiger partial charge in [0.05, 0.1) is 5.69 Å². The number of nitrogens with zero attached hydrogens (tertiary/aromatic N) is 3. The van der Waals surface area contributed by atoms with Crippen molar-refractivity contribution in [1.82, 2.24) is 14.9 Å². The molecule has 0 radical (unpaired) electrons. The summed E-state index contributed by atoms with van der Waals surface area (Å²) in [6.45, 7) is 3.81. The normalized spacial score (nSPS) is 14.0. The van der Waals surface area contributed by atoms with Gasteiger partial charge in [0.1, 0.15) is 5.82 Å². The van der Waals surface area contributed by atoms with Gasteiger partial charge in [-0.1, -0.05) is 17.7 Å². The van der Waals surface area contributed by atoms with Crippen LogP contribution in [0.15, 0.2) is 24.3 Å². The second-order valence-corrected chi connectivity index (χ2v) is 7.03. The SMILES string of the molecule is Cc1ccc(Cl)cc1Nc1cc(C2CC2)nc(NCCN(C)C)n1. The van der Waals surface area contributed by atoms with Gasteiger partial charge in [-0.2, -0.15) is 4.98 Å². The molecule has 5 nitrogen and oxygen atoms in total. The Labute approximate surface area is 148 Å². The predicted molar refractivity (Wildman–Crippen MR) is 101 cm³/mol. The van der Waals surface area contributed by atoms with Crippen LogP contribution in [-0.2, 0) is 0 Å². The molecule has 0 spiro atoms. The molecule has 0 saturated heterocycles. The number of hydrogen-bond acceptors (Lipinski definition) is 5. The minimum absolute atomic E-state index is 0.573. The smallest absolute Gasteiger partial charge is 0.224 e. The Bertz CT molecular complexity index is 713. The average molecular weight is 346 g/mol. The first-order valence-electron chi connectivity index (χ1n) is 8.32. The van der Waals surface area contributed by atoms with Gasteiger partial charge < -0.3 is 15.5 Å². The number of aromatic nitrogens is 2. The van der Waals surface area contributed by atoms with Crippen LogP contribution >= 0.6 is 11.6 Å². The van der Waals surface area contributed by atoms with E-state index in [1.54, 1.807) is 0 Å². The van der Waals surface area contributed by atoms with E-state index in [2.05, 4.69) is 52.6 Å². The molecule has 1 saturated carbocycles. The molecule has 1 aromatic heterocycles. The maximum Gasteiger partial charge on any atom is 0.224 e. The lowest BCUT2D eigenvalue weighted by atomic mass is 10.2. The van der Waals surface area contributed by atoms with E-state index < -0.39 is 0 Å². The maximum absolute atomic E-state index is 6.11. The summed E-state index contributed by atoms with van der Waals surface area (Å²) < 4.78 is 0. The number of benzene rings is 1. The highest BCUT2D eigenvalue weighted by molar-refractivity contribution is 6.30. The fourth-order valence-corrected chi connectivity index (χ4v) is 2.63. The monoisotopic (exact) mass is 345 g/mol. The zero-order valence-electron chi connectivity index (χ0n) is 14.4. The lowest BCUT2D eigenvalue weighted by molar-refractivity contribution is 0.425. The van der Waals surface area contributed by atoms with Crippen molar-refractivity contribution in [2.45, 2.75) is 25.7 Å². The molecule has 3 rings (SSSR count). The van der Waals surface area contributed by atoms with Gasteiger partial charge >= 0.3 is 0 Å². The fraction of sp³-hybridized carbons (Fsp3) is 0.444. The molecule has 1 heterocycles. The Morgan fingerprint density at radius 1 is 1.21 bits per heavy atom. The molecule has 0 atom stereocenters. The molecule has 0 unspecified atom stereocenters. The Hall–Kier alpha value is -1.85. The minimum Gasteiger partial charge on any atom is -0.353 e. The van der Waals surface area contributed by atoms with Crippen molar-refractivity contribution in [1.29, 1.82) is 0 Å². The first kappa shape index (κ1) is 17.0. The van der Waals surface area contributed by atoms with Gasteiger partial charge in [-0.25, -0.2) is 4.98 Å². The van der Waals surface area contributed by atoms with Crippen LogP contribution in [-0.4, -0.2) is 42.1 Å². The maximum atomic E-state index is 6.11. The van der Waals surface area contributed by atoms with Gasteiger partial charge in [-0.3, -0.25) is 0 Å². The van der Waals surface area contributed by atoms with Crippen LogP contribution in [0.3, 0.4) is 0 Å². The van der Waals surface area contributed by atoms with Gasteiger partial charge in [-0.15, -0.1) is 0 Å². The molecule has 1 aromatic carbocycles. The summed E-state index contributed by atoms with van der Waals surface area (Å²) in [6, 6.07) is 7.87. The van der Waals surface area contributed by atoms with Crippen LogP contribution in [0.1, 0.15) is 30.0 Å². The molecule has 0 bridgehead atoms. The van der Waals surface area contributed by atoms with E-state index in [9.17, 15) is 0 Å². The van der Waals surface area contributed by atoms with Gasteiger partial charge in [-0.05, 0) is 51.6 Å². The van der Waals surface area contributed by atoms with Crippen LogP contribution in [0.25, 0.3) is 0 Å². The highest BCUT2D eigenvalue weighted by Crippen LogP contribution is 2.40. The summed E-state index contributed by atoms with van der Waals surface area (Å²) >= 11 is 6.11. The van der Waals surface area contributed by atoms with E-state index in [0.717, 1.165) is 35.9 Å². The lowest BCUT2D eigenvalue weighted by Gasteiger charge is -2.14. The summed E-state index contributed by atoms with van der Waals surface area (Å²) in [5.74, 6) is 2.07. The van der Waals surface area contributed by atoms with E-state index in [1.165, 1.54) is 12.8 Å². The number of nitrogens with one attached hydrogen (secondary N) is 2. The number of halogens is 1. The van der Waals surface area contributed by atoms with Crippen molar-refractivity contribution >= 4 is 29.1 Å². The van der Waals surface area contributed by atoms with Crippen LogP contribution in [0.4, 0.5) is 17.5 Å². The van der Waals surface area contributed by atoms with Crippen molar-refractivity contribution in [3.63, 3.8) is 0 Å². The second kappa shape index (κ2) is 7.36. The van der Waals surface area contributed by atoms with Crippen molar-refractivity contribution in [2.75, 3.05) is 37.8 Å². The third-order valence-corrected chi connectivity index (χ3v) is 4.28. The summed E-state index contributed by atoms with van der Waals surface area (Å²) in [7, 11) is 4.11. The third kappa shape index (κ3) is 4.58. The molecule has 0 aliphatic heterocycles. The summed E-state index contributed by atoms with van der Waals surface area (Å²) in [6.07, 6.45) is 2.42. The van der Waals surface area contributed by atoms with Crippen molar-refractivity contribution < 1.29 is 0 Å². The quantitative estimate of drug-likeness (QED) is 0.793.